The van der Waals surface area contributed by atoms with E-state index in [0.29, 0.717) is 22.9 Å². The Hall–Kier alpha value is -3.88. The normalized spacial score (nSPS) is 10.7. The predicted octanol–water partition coefficient (Wildman–Crippen LogP) is 2.39. The zero-order valence-corrected chi connectivity index (χ0v) is 14.6. The molecule has 9 nitrogen and oxygen atoms in total. The van der Waals surface area contributed by atoms with Gasteiger partial charge in [-0.05, 0) is 30.3 Å². The van der Waals surface area contributed by atoms with Crippen molar-refractivity contribution in [2.24, 2.45) is 0 Å². The van der Waals surface area contributed by atoms with Crippen LogP contribution in [-0.2, 0) is 0 Å². The Kier molecular flexibility index (Phi) is 4.17. The summed E-state index contributed by atoms with van der Waals surface area (Å²) in [6, 6.07) is 8.83. The molecule has 0 unspecified atom stereocenters. The number of anilines is 1. The summed E-state index contributed by atoms with van der Waals surface area (Å²) < 4.78 is 12.3. The average Bonchev–Trinajstić information content (AvgIpc) is 3.36. The predicted molar refractivity (Wildman–Crippen MR) is 98.1 cm³/mol. The minimum atomic E-state index is -0.316. The lowest BCUT2D eigenvalue weighted by atomic mass is 10.2. The van der Waals surface area contributed by atoms with Crippen LogP contribution in [0.15, 0.2) is 48.9 Å². The summed E-state index contributed by atoms with van der Waals surface area (Å²) in [5.41, 5.74) is 1.98. The molecule has 0 atom stereocenters. The zero-order chi connectivity index (χ0) is 18.8. The number of fused-ring (bicyclic) bond motifs is 1. The third-order valence-electron chi connectivity index (χ3n) is 4.02. The van der Waals surface area contributed by atoms with Crippen molar-refractivity contribution in [3.8, 4) is 22.9 Å². The molecule has 0 radical (unpaired) electrons. The van der Waals surface area contributed by atoms with E-state index < -0.39 is 0 Å². The summed E-state index contributed by atoms with van der Waals surface area (Å²) in [5, 5.41) is 9.53. The van der Waals surface area contributed by atoms with E-state index in [2.05, 4.69) is 25.5 Å². The number of nitrogens with zero attached hydrogens (tertiary/aromatic N) is 4. The molecule has 0 aliphatic carbocycles. The first kappa shape index (κ1) is 16.6. The summed E-state index contributed by atoms with van der Waals surface area (Å²) in [4.78, 5) is 20.9. The number of hydrogen-bond acceptors (Lipinski definition) is 6. The third kappa shape index (κ3) is 3.17. The fraction of sp³-hybridized carbons (Fsp3) is 0.111. The quantitative estimate of drug-likeness (QED) is 0.563. The van der Waals surface area contributed by atoms with E-state index in [1.165, 1.54) is 0 Å². The molecule has 0 bridgehead atoms. The molecule has 4 aromatic rings. The number of carbonyl (C=O) groups excluding carboxylic acids is 1. The first-order valence-corrected chi connectivity index (χ1v) is 8.07. The summed E-state index contributed by atoms with van der Waals surface area (Å²) in [7, 11) is 3.13. The number of aromatic amines is 1. The van der Waals surface area contributed by atoms with Gasteiger partial charge >= 0.3 is 0 Å². The first-order valence-electron chi connectivity index (χ1n) is 8.07. The van der Waals surface area contributed by atoms with Gasteiger partial charge in [-0.1, -0.05) is 0 Å². The Morgan fingerprint density at radius 2 is 2.00 bits per heavy atom. The Morgan fingerprint density at radius 1 is 1.15 bits per heavy atom. The number of aromatic nitrogens is 5. The highest BCUT2D eigenvalue weighted by molar-refractivity contribution is 6.03. The SMILES string of the molecule is COc1ccc(-c2nc(NC(=O)c3ccc4nccn4c3)n[nH]2)cc1OC. The lowest BCUT2D eigenvalue weighted by Gasteiger charge is -2.07. The second-order valence-corrected chi connectivity index (χ2v) is 5.64. The third-order valence-corrected chi connectivity index (χ3v) is 4.02. The number of ether oxygens (including phenoxy) is 2. The molecule has 3 heterocycles. The Bertz CT molecular complexity index is 1120. The van der Waals surface area contributed by atoms with Gasteiger partial charge in [-0.15, -0.1) is 5.10 Å². The number of methoxy groups -OCH3 is 2. The molecule has 0 fully saturated rings. The summed E-state index contributed by atoms with van der Waals surface area (Å²) in [5.74, 6) is 1.55. The van der Waals surface area contributed by atoms with Crippen molar-refractivity contribution in [2.75, 3.05) is 19.5 Å². The van der Waals surface area contributed by atoms with Crippen molar-refractivity contribution in [3.05, 3.63) is 54.5 Å². The van der Waals surface area contributed by atoms with Crippen LogP contribution >= 0.6 is 0 Å². The van der Waals surface area contributed by atoms with E-state index in [1.54, 1.807) is 61.5 Å². The lowest BCUT2D eigenvalue weighted by molar-refractivity contribution is 0.102. The van der Waals surface area contributed by atoms with Crippen LogP contribution in [-0.4, -0.2) is 44.7 Å². The smallest absolute Gasteiger partial charge is 0.259 e. The van der Waals surface area contributed by atoms with Gasteiger partial charge in [0.2, 0.25) is 5.95 Å². The van der Waals surface area contributed by atoms with E-state index >= 15 is 0 Å². The minimum absolute atomic E-state index is 0.176. The lowest BCUT2D eigenvalue weighted by Crippen LogP contribution is -2.13. The summed E-state index contributed by atoms with van der Waals surface area (Å²) in [6.45, 7) is 0. The highest BCUT2D eigenvalue weighted by atomic mass is 16.5. The van der Waals surface area contributed by atoms with Crippen LogP contribution in [0.1, 0.15) is 10.4 Å². The molecule has 27 heavy (non-hydrogen) atoms. The number of imidazole rings is 1. The average molecular weight is 364 g/mol. The fourth-order valence-corrected chi connectivity index (χ4v) is 2.66. The van der Waals surface area contributed by atoms with Gasteiger partial charge in [-0.25, -0.2) is 4.98 Å². The second-order valence-electron chi connectivity index (χ2n) is 5.64. The molecule has 3 aromatic heterocycles. The number of pyridine rings is 1. The van der Waals surface area contributed by atoms with Crippen LogP contribution in [0, 0.1) is 0 Å². The largest absolute Gasteiger partial charge is 0.493 e. The second kappa shape index (κ2) is 6.79. The molecule has 0 aliphatic rings. The van der Waals surface area contributed by atoms with Crippen LogP contribution in [0.5, 0.6) is 11.5 Å². The number of rotatable bonds is 5. The molecule has 1 amide bonds. The Labute approximate surface area is 154 Å². The van der Waals surface area contributed by atoms with E-state index in [1.807, 2.05) is 6.07 Å². The van der Waals surface area contributed by atoms with Crippen molar-refractivity contribution in [1.82, 2.24) is 24.6 Å². The molecule has 4 rings (SSSR count). The molecule has 9 heteroatoms. The van der Waals surface area contributed by atoms with Crippen molar-refractivity contribution in [2.45, 2.75) is 0 Å². The summed E-state index contributed by atoms with van der Waals surface area (Å²) in [6.07, 6.45) is 5.13. The van der Waals surface area contributed by atoms with Crippen LogP contribution in [0.4, 0.5) is 5.95 Å². The maximum atomic E-state index is 12.4. The van der Waals surface area contributed by atoms with Crippen molar-refractivity contribution < 1.29 is 14.3 Å². The summed E-state index contributed by atoms with van der Waals surface area (Å²) >= 11 is 0. The molecule has 0 saturated carbocycles. The number of nitrogens with one attached hydrogen (secondary N) is 2. The number of hydrogen-bond donors (Lipinski definition) is 2. The van der Waals surface area contributed by atoms with Gasteiger partial charge in [0.25, 0.3) is 5.91 Å². The Balaban J connectivity index is 1.54. The number of amides is 1. The van der Waals surface area contributed by atoms with Gasteiger partial charge in [0.15, 0.2) is 17.3 Å². The van der Waals surface area contributed by atoms with Crippen LogP contribution in [0.2, 0.25) is 0 Å². The molecule has 1 aromatic carbocycles. The van der Waals surface area contributed by atoms with Crippen LogP contribution in [0.3, 0.4) is 0 Å². The van der Waals surface area contributed by atoms with Gasteiger partial charge in [0, 0.05) is 24.2 Å². The minimum Gasteiger partial charge on any atom is -0.493 e. The first-order chi connectivity index (χ1) is 13.2. The molecule has 136 valence electrons. The maximum absolute atomic E-state index is 12.4. The molecule has 2 N–H and O–H groups in total. The molecular formula is C18H16N6O3. The van der Waals surface area contributed by atoms with Crippen molar-refractivity contribution >= 4 is 17.5 Å². The van der Waals surface area contributed by atoms with Gasteiger partial charge in [0.1, 0.15) is 5.65 Å². The van der Waals surface area contributed by atoms with E-state index in [9.17, 15) is 4.79 Å². The van der Waals surface area contributed by atoms with Crippen molar-refractivity contribution in [1.29, 1.82) is 0 Å². The van der Waals surface area contributed by atoms with Gasteiger partial charge in [0.05, 0.1) is 19.8 Å². The monoisotopic (exact) mass is 364 g/mol. The molecular weight excluding hydrogens is 348 g/mol. The van der Waals surface area contributed by atoms with Crippen molar-refractivity contribution in [3.63, 3.8) is 0 Å². The fourth-order valence-electron chi connectivity index (χ4n) is 2.66. The van der Waals surface area contributed by atoms with Gasteiger partial charge in [-0.2, -0.15) is 4.98 Å². The highest BCUT2D eigenvalue weighted by Gasteiger charge is 2.13. The number of H-pyrrole nitrogens is 1. The molecule has 0 saturated heterocycles. The zero-order valence-electron chi connectivity index (χ0n) is 14.6. The Morgan fingerprint density at radius 3 is 2.81 bits per heavy atom. The standard InChI is InChI=1S/C18H16N6O3/c1-26-13-5-3-11(9-14(13)27-2)16-20-18(23-22-16)21-17(25)12-4-6-15-19-7-8-24(15)10-12/h3-10H,1-2H3,(H2,20,21,22,23,25). The topological polar surface area (TPSA) is 106 Å². The molecule has 0 spiro atoms. The van der Waals surface area contributed by atoms with Gasteiger partial charge in [-0.3, -0.25) is 15.2 Å². The van der Waals surface area contributed by atoms with E-state index in [-0.39, 0.29) is 11.9 Å². The maximum Gasteiger partial charge on any atom is 0.259 e. The molecule has 0 aliphatic heterocycles. The van der Waals surface area contributed by atoms with Crippen LogP contribution < -0.4 is 14.8 Å². The number of benzene rings is 1. The van der Waals surface area contributed by atoms with E-state index in [4.69, 9.17) is 9.47 Å². The van der Waals surface area contributed by atoms with Crippen LogP contribution in [0.25, 0.3) is 17.0 Å². The van der Waals surface area contributed by atoms with Gasteiger partial charge < -0.3 is 13.9 Å². The number of carbonyl (C=O) groups is 1. The highest BCUT2D eigenvalue weighted by Crippen LogP contribution is 2.31. The van der Waals surface area contributed by atoms with E-state index in [0.717, 1.165) is 11.2 Å².